The van der Waals surface area contributed by atoms with Crippen molar-refractivity contribution in [1.29, 1.82) is 0 Å². The molecule has 9 nitrogen and oxygen atoms in total. The highest BCUT2D eigenvalue weighted by atomic mass is 32.2. The van der Waals surface area contributed by atoms with Crippen LogP contribution in [0.1, 0.15) is 13.3 Å². The van der Waals surface area contributed by atoms with E-state index in [0.29, 0.717) is 6.54 Å². The molecule has 5 unspecified atom stereocenters. The van der Waals surface area contributed by atoms with Gasteiger partial charge in [0.25, 0.3) is 0 Å². The van der Waals surface area contributed by atoms with E-state index in [1.165, 1.54) is 0 Å². The minimum atomic E-state index is -3.76. The Labute approximate surface area is 124 Å². The highest BCUT2D eigenvalue weighted by Crippen LogP contribution is 2.20. The molecule has 0 aromatic carbocycles. The van der Waals surface area contributed by atoms with E-state index in [2.05, 4.69) is 10.0 Å². The molecular formula is C11H24N2O7S. The Morgan fingerprint density at radius 1 is 1.14 bits per heavy atom. The summed E-state index contributed by atoms with van der Waals surface area (Å²) in [7, 11) is -3.76. The molecule has 1 aliphatic rings. The van der Waals surface area contributed by atoms with Crippen LogP contribution in [0.4, 0.5) is 0 Å². The van der Waals surface area contributed by atoms with Crippen molar-refractivity contribution in [2.45, 2.75) is 44.0 Å². The second kappa shape index (κ2) is 8.34. The number of rotatable bonds is 8. The van der Waals surface area contributed by atoms with Gasteiger partial charge in [0, 0.05) is 6.54 Å². The maximum Gasteiger partial charge on any atom is 0.213 e. The van der Waals surface area contributed by atoms with Gasteiger partial charge >= 0.3 is 0 Å². The van der Waals surface area contributed by atoms with Crippen molar-refractivity contribution in [1.82, 2.24) is 10.0 Å². The number of aliphatic hydroxyl groups excluding tert-OH is 4. The minimum absolute atomic E-state index is 0.227. The second-order valence-electron chi connectivity index (χ2n) is 4.94. The van der Waals surface area contributed by atoms with Gasteiger partial charge in [-0.1, -0.05) is 6.92 Å². The first-order valence-electron chi connectivity index (χ1n) is 6.83. The normalized spacial score (nSPS) is 34.0. The lowest BCUT2D eigenvalue weighted by atomic mass is 9.98. The number of hydrogen-bond acceptors (Lipinski definition) is 8. The first-order chi connectivity index (χ1) is 9.82. The van der Waals surface area contributed by atoms with E-state index in [4.69, 9.17) is 9.84 Å². The number of ether oxygens (including phenoxy) is 1. The summed E-state index contributed by atoms with van der Waals surface area (Å²) in [6.07, 6.45) is -5.02. The molecule has 0 aromatic heterocycles. The molecule has 0 saturated carbocycles. The van der Waals surface area contributed by atoms with Crippen LogP contribution in [0.2, 0.25) is 0 Å². The van der Waals surface area contributed by atoms with Crippen LogP contribution in [0.15, 0.2) is 0 Å². The molecule has 0 radical (unpaired) electrons. The quantitative estimate of drug-likeness (QED) is 0.254. The molecule has 21 heavy (non-hydrogen) atoms. The molecule has 0 bridgehead atoms. The van der Waals surface area contributed by atoms with E-state index < -0.39 is 47.3 Å². The van der Waals surface area contributed by atoms with Crippen molar-refractivity contribution in [3.05, 3.63) is 0 Å². The largest absolute Gasteiger partial charge is 0.394 e. The zero-order valence-electron chi connectivity index (χ0n) is 11.8. The molecular weight excluding hydrogens is 304 g/mol. The molecule has 1 rings (SSSR count). The minimum Gasteiger partial charge on any atom is -0.394 e. The smallest absolute Gasteiger partial charge is 0.213 e. The van der Waals surface area contributed by atoms with Crippen LogP contribution in [0.25, 0.3) is 0 Å². The third-order valence-electron chi connectivity index (χ3n) is 3.19. The number of nitrogens with one attached hydrogen (secondary N) is 2. The molecule has 0 amide bonds. The van der Waals surface area contributed by atoms with E-state index in [1.54, 1.807) is 0 Å². The van der Waals surface area contributed by atoms with Crippen molar-refractivity contribution in [3.8, 4) is 0 Å². The van der Waals surface area contributed by atoms with Gasteiger partial charge in [-0.2, -0.15) is 0 Å². The Morgan fingerprint density at radius 2 is 1.81 bits per heavy atom. The van der Waals surface area contributed by atoms with Crippen molar-refractivity contribution in [2.75, 3.05) is 25.4 Å². The average molecular weight is 328 g/mol. The van der Waals surface area contributed by atoms with Crippen molar-refractivity contribution in [3.63, 3.8) is 0 Å². The monoisotopic (exact) mass is 328 g/mol. The fraction of sp³-hybridized carbons (Fsp3) is 1.00. The van der Waals surface area contributed by atoms with Gasteiger partial charge < -0.3 is 30.5 Å². The number of hydrogen-bond donors (Lipinski definition) is 6. The van der Waals surface area contributed by atoms with Crippen molar-refractivity contribution >= 4 is 10.0 Å². The third-order valence-corrected chi connectivity index (χ3v) is 4.56. The van der Waals surface area contributed by atoms with Crippen LogP contribution < -0.4 is 10.0 Å². The van der Waals surface area contributed by atoms with E-state index in [1.807, 2.05) is 6.92 Å². The van der Waals surface area contributed by atoms with Gasteiger partial charge in [-0.05, 0) is 13.0 Å². The SMILES string of the molecule is CCCNCCS(=O)(=O)NC1C(O)OC(CO)C(O)C1O. The Morgan fingerprint density at radius 3 is 2.38 bits per heavy atom. The highest BCUT2D eigenvalue weighted by molar-refractivity contribution is 7.89. The molecule has 1 saturated heterocycles. The van der Waals surface area contributed by atoms with Crippen LogP contribution in [-0.4, -0.2) is 84.9 Å². The van der Waals surface area contributed by atoms with E-state index in [-0.39, 0.29) is 12.3 Å². The van der Waals surface area contributed by atoms with Crippen molar-refractivity contribution in [2.24, 2.45) is 0 Å². The van der Waals surface area contributed by atoms with Gasteiger partial charge in [0.05, 0.1) is 12.4 Å². The predicted octanol–water partition coefficient (Wildman–Crippen LogP) is -3.29. The van der Waals surface area contributed by atoms with E-state index in [9.17, 15) is 23.7 Å². The van der Waals surface area contributed by atoms with Gasteiger partial charge in [0.15, 0.2) is 6.29 Å². The third kappa shape index (κ3) is 5.42. The van der Waals surface area contributed by atoms with Gasteiger partial charge in [-0.25, -0.2) is 13.1 Å². The zero-order valence-corrected chi connectivity index (χ0v) is 12.7. The second-order valence-corrected chi connectivity index (χ2v) is 6.81. The van der Waals surface area contributed by atoms with Crippen LogP contribution in [0.3, 0.4) is 0 Å². The first-order valence-corrected chi connectivity index (χ1v) is 8.49. The van der Waals surface area contributed by atoms with Crippen LogP contribution in [-0.2, 0) is 14.8 Å². The van der Waals surface area contributed by atoms with Crippen LogP contribution >= 0.6 is 0 Å². The average Bonchev–Trinajstić information content (AvgIpc) is 2.44. The molecule has 10 heteroatoms. The Hall–Kier alpha value is -0.330. The molecule has 1 aliphatic heterocycles. The highest BCUT2D eigenvalue weighted by Gasteiger charge is 2.45. The summed E-state index contributed by atoms with van der Waals surface area (Å²) in [6.45, 7) is 2.26. The van der Waals surface area contributed by atoms with Gasteiger partial charge in [0.2, 0.25) is 10.0 Å². The maximum atomic E-state index is 11.9. The van der Waals surface area contributed by atoms with Gasteiger partial charge in [0.1, 0.15) is 24.4 Å². The molecule has 1 fully saturated rings. The topological polar surface area (TPSA) is 148 Å². The summed E-state index contributed by atoms with van der Waals surface area (Å²) in [5, 5.41) is 41.0. The summed E-state index contributed by atoms with van der Waals surface area (Å²) in [4.78, 5) is 0. The number of aliphatic hydroxyl groups is 4. The van der Waals surface area contributed by atoms with Gasteiger partial charge in [-0.3, -0.25) is 0 Å². The Kier molecular flexibility index (Phi) is 7.44. The molecule has 5 atom stereocenters. The van der Waals surface area contributed by atoms with Gasteiger partial charge in [-0.15, -0.1) is 0 Å². The van der Waals surface area contributed by atoms with Crippen LogP contribution in [0, 0.1) is 0 Å². The summed E-state index contributed by atoms with van der Waals surface area (Å²) < 4.78 is 30.7. The molecule has 0 aliphatic carbocycles. The fourth-order valence-corrected chi connectivity index (χ4v) is 3.20. The summed E-state index contributed by atoms with van der Waals surface area (Å²) >= 11 is 0. The predicted molar refractivity (Wildman–Crippen MR) is 73.9 cm³/mol. The maximum absolute atomic E-state index is 11.9. The Bertz CT molecular complexity index is 405. The summed E-state index contributed by atoms with van der Waals surface area (Å²) in [6, 6.07) is -1.39. The van der Waals surface area contributed by atoms with Crippen LogP contribution in [0.5, 0.6) is 0 Å². The lowest BCUT2D eigenvalue weighted by Gasteiger charge is -2.40. The lowest BCUT2D eigenvalue weighted by Crippen LogP contribution is -2.64. The molecule has 0 aromatic rings. The van der Waals surface area contributed by atoms with E-state index in [0.717, 1.165) is 6.42 Å². The zero-order chi connectivity index (χ0) is 16.0. The number of sulfonamides is 1. The lowest BCUT2D eigenvalue weighted by molar-refractivity contribution is -0.251. The fourth-order valence-electron chi connectivity index (χ4n) is 2.00. The summed E-state index contributed by atoms with van der Waals surface area (Å²) in [5.74, 6) is -0.234. The molecule has 0 spiro atoms. The summed E-state index contributed by atoms with van der Waals surface area (Å²) in [5.41, 5.74) is 0. The molecule has 1 heterocycles. The van der Waals surface area contributed by atoms with E-state index >= 15 is 0 Å². The molecule has 6 N–H and O–H groups in total. The molecule has 126 valence electrons. The Balaban J connectivity index is 2.59. The standard InChI is InChI=1S/C11H24N2O7S/c1-2-3-12-4-5-21(18,19)13-8-10(16)9(15)7(6-14)20-11(8)17/h7-17H,2-6H2,1H3. The van der Waals surface area contributed by atoms with Crippen molar-refractivity contribution < 1.29 is 33.6 Å². The first kappa shape index (κ1) is 18.7.